The van der Waals surface area contributed by atoms with Gasteiger partial charge >= 0.3 is 12.1 Å². The normalized spacial score (nSPS) is 11.8. The minimum Gasteiger partial charge on any atom is -0.481 e. The molecule has 0 bridgehead atoms. The number of alkyl carbamates (subject to hydrolysis) is 1. The second kappa shape index (κ2) is 14.6. The van der Waals surface area contributed by atoms with E-state index in [4.69, 9.17) is 9.84 Å². The Labute approximate surface area is 226 Å². The maximum Gasteiger partial charge on any atom is 0.412 e. The van der Waals surface area contributed by atoms with Crippen LogP contribution in [0.2, 0.25) is 0 Å². The number of amides is 1. The molecule has 3 aromatic rings. The van der Waals surface area contributed by atoms with Crippen molar-refractivity contribution in [2.24, 2.45) is 0 Å². The van der Waals surface area contributed by atoms with Gasteiger partial charge in [-0.2, -0.15) is 0 Å². The number of benzene rings is 3. The summed E-state index contributed by atoms with van der Waals surface area (Å²) >= 11 is 0. The molecule has 0 radical (unpaired) electrons. The predicted molar refractivity (Wildman–Crippen MR) is 156 cm³/mol. The van der Waals surface area contributed by atoms with Gasteiger partial charge in [0.15, 0.2) is 0 Å². The predicted octanol–water partition coefficient (Wildman–Crippen LogP) is 8.36. The van der Waals surface area contributed by atoms with Crippen molar-refractivity contribution < 1.29 is 19.4 Å². The lowest BCUT2D eigenvalue weighted by molar-refractivity contribution is -0.136. The molecule has 0 aliphatic heterocycles. The number of carbonyl (C=O) groups excluding carboxylic acids is 1. The summed E-state index contributed by atoms with van der Waals surface area (Å²) in [6.07, 6.45) is -0.0336. The first-order valence-corrected chi connectivity index (χ1v) is 13.0. The van der Waals surface area contributed by atoms with Gasteiger partial charge in [0.2, 0.25) is 0 Å². The van der Waals surface area contributed by atoms with E-state index in [-0.39, 0.29) is 12.5 Å². The lowest BCUT2D eigenvalue weighted by atomic mass is 9.98. The standard InChI is InChI=1S/C31H33NO4.C2H6/c1-6-24-9-7-8-10-28(24)22(5)36-31(35)32-30(20(2)3)21(4)25-15-17-27(18-16-25)26-13-11-23(12-14-26)19-29(33)34;1-2/h7-18,22H,2,6,19H2,1,3-5H3,(H,32,35)(H,33,34);1-2H3/b30-21-;. The van der Waals surface area contributed by atoms with Crippen LogP contribution in [-0.4, -0.2) is 17.2 Å². The largest absolute Gasteiger partial charge is 0.481 e. The van der Waals surface area contributed by atoms with Gasteiger partial charge in [-0.25, -0.2) is 4.79 Å². The third-order valence-electron chi connectivity index (χ3n) is 6.15. The molecule has 2 N–H and O–H groups in total. The zero-order valence-corrected chi connectivity index (χ0v) is 23.3. The molecule has 5 nitrogen and oxygen atoms in total. The number of hydrogen-bond acceptors (Lipinski definition) is 3. The van der Waals surface area contributed by atoms with Crippen LogP contribution in [0.1, 0.15) is 69.9 Å². The molecule has 5 heteroatoms. The summed E-state index contributed by atoms with van der Waals surface area (Å²) in [5.74, 6) is -0.847. The summed E-state index contributed by atoms with van der Waals surface area (Å²) in [7, 11) is 0. The third-order valence-corrected chi connectivity index (χ3v) is 6.15. The van der Waals surface area contributed by atoms with Gasteiger partial charge in [0, 0.05) is 5.70 Å². The van der Waals surface area contributed by atoms with E-state index in [9.17, 15) is 9.59 Å². The highest BCUT2D eigenvalue weighted by atomic mass is 16.6. The summed E-state index contributed by atoms with van der Waals surface area (Å²) in [5, 5.41) is 11.8. The van der Waals surface area contributed by atoms with Crippen LogP contribution in [0, 0.1) is 0 Å². The van der Waals surface area contributed by atoms with Crippen LogP contribution in [0.15, 0.2) is 90.6 Å². The van der Waals surface area contributed by atoms with Crippen molar-refractivity contribution in [3.63, 3.8) is 0 Å². The van der Waals surface area contributed by atoms with E-state index in [0.29, 0.717) is 5.70 Å². The van der Waals surface area contributed by atoms with Crippen LogP contribution in [0.5, 0.6) is 0 Å². The Kier molecular flexibility index (Phi) is 11.5. The first-order valence-electron chi connectivity index (χ1n) is 13.0. The molecule has 200 valence electrons. The minimum atomic E-state index is -0.847. The molecule has 0 aliphatic carbocycles. The number of rotatable bonds is 9. The summed E-state index contributed by atoms with van der Waals surface area (Å²) in [5.41, 5.74) is 8.11. The van der Waals surface area contributed by atoms with Crippen molar-refractivity contribution in [1.82, 2.24) is 5.32 Å². The lowest BCUT2D eigenvalue weighted by Gasteiger charge is -2.19. The zero-order chi connectivity index (χ0) is 28.2. The van der Waals surface area contributed by atoms with E-state index in [2.05, 4.69) is 18.8 Å². The molecule has 0 saturated heterocycles. The van der Waals surface area contributed by atoms with Gasteiger partial charge in [-0.3, -0.25) is 10.1 Å². The fraction of sp³-hybridized carbons (Fsp3) is 0.273. The molecule has 0 heterocycles. The molecular weight excluding hydrogens is 474 g/mol. The van der Waals surface area contributed by atoms with Gasteiger partial charge in [-0.1, -0.05) is 100 Å². The van der Waals surface area contributed by atoms with E-state index in [1.165, 1.54) is 0 Å². The molecule has 0 spiro atoms. The quantitative estimate of drug-likeness (QED) is 0.282. The summed E-state index contributed by atoms with van der Waals surface area (Å²) in [6.45, 7) is 15.8. The van der Waals surface area contributed by atoms with Crippen molar-refractivity contribution in [1.29, 1.82) is 0 Å². The Hall–Kier alpha value is -4.12. The van der Waals surface area contributed by atoms with Crippen molar-refractivity contribution in [2.75, 3.05) is 0 Å². The smallest absolute Gasteiger partial charge is 0.412 e. The van der Waals surface area contributed by atoms with E-state index in [0.717, 1.165) is 50.9 Å². The molecule has 0 fully saturated rings. The molecule has 3 rings (SSSR count). The van der Waals surface area contributed by atoms with Crippen LogP contribution in [0.3, 0.4) is 0 Å². The zero-order valence-electron chi connectivity index (χ0n) is 23.3. The number of hydrogen-bond donors (Lipinski definition) is 2. The Morgan fingerprint density at radius 3 is 2.00 bits per heavy atom. The number of carbonyl (C=O) groups is 2. The highest BCUT2D eigenvalue weighted by Gasteiger charge is 2.17. The fourth-order valence-electron chi connectivity index (χ4n) is 4.18. The fourth-order valence-corrected chi connectivity index (χ4v) is 4.18. The molecule has 0 aromatic heterocycles. The number of carboxylic acids is 1. The van der Waals surface area contributed by atoms with E-state index in [1.54, 1.807) is 0 Å². The van der Waals surface area contributed by atoms with Gasteiger partial charge in [0.25, 0.3) is 0 Å². The number of allylic oxidation sites excluding steroid dienone is 2. The second-order valence-electron chi connectivity index (χ2n) is 8.85. The van der Waals surface area contributed by atoms with Crippen molar-refractivity contribution in [2.45, 2.75) is 60.5 Å². The first-order chi connectivity index (χ1) is 18.2. The second-order valence-corrected chi connectivity index (χ2v) is 8.85. The minimum absolute atomic E-state index is 0.00617. The average molecular weight is 514 g/mol. The van der Waals surface area contributed by atoms with Crippen LogP contribution < -0.4 is 5.32 Å². The van der Waals surface area contributed by atoms with E-state index < -0.39 is 12.1 Å². The van der Waals surface area contributed by atoms with E-state index >= 15 is 0 Å². The number of ether oxygens (including phenoxy) is 1. The SMILES string of the molecule is C=C(C)/C(NC(=O)OC(C)c1ccccc1CC)=C(\C)c1ccc(-c2ccc(CC(=O)O)cc2)cc1.CC. The van der Waals surface area contributed by atoms with Gasteiger partial charge in [0.1, 0.15) is 6.10 Å². The van der Waals surface area contributed by atoms with Crippen molar-refractivity contribution in [3.8, 4) is 11.1 Å². The topological polar surface area (TPSA) is 75.6 Å². The van der Waals surface area contributed by atoms with Gasteiger partial charge in [0.05, 0.1) is 6.42 Å². The third kappa shape index (κ3) is 8.20. The maximum atomic E-state index is 12.8. The number of carboxylic acid groups (broad SMARTS) is 1. The van der Waals surface area contributed by atoms with E-state index in [1.807, 2.05) is 107 Å². The highest BCUT2D eigenvalue weighted by molar-refractivity contribution is 5.79. The Morgan fingerprint density at radius 2 is 1.47 bits per heavy atom. The van der Waals surface area contributed by atoms with Gasteiger partial charge in [-0.15, -0.1) is 0 Å². The maximum absolute atomic E-state index is 12.8. The monoisotopic (exact) mass is 513 g/mol. The molecule has 1 atom stereocenters. The Balaban J connectivity index is 0.00000247. The molecule has 1 amide bonds. The summed E-state index contributed by atoms with van der Waals surface area (Å²) in [4.78, 5) is 23.7. The van der Waals surface area contributed by atoms with Crippen molar-refractivity contribution >= 4 is 17.6 Å². The molecule has 0 aliphatic rings. The molecule has 38 heavy (non-hydrogen) atoms. The molecule has 3 aromatic carbocycles. The van der Waals surface area contributed by atoms with Gasteiger partial charge < -0.3 is 9.84 Å². The number of aliphatic carboxylic acids is 1. The Bertz CT molecular complexity index is 1270. The summed E-state index contributed by atoms with van der Waals surface area (Å²) < 4.78 is 5.69. The van der Waals surface area contributed by atoms with Gasteiger partial charge in [-0.05, 0) is 71.7 Å². The molecule has 1 unspecified atom stereocenters. The number of aryl methyl sites for hydroxylation is 1. The van der Waals surface area contributed by atoms with Crippen LogP contribution in [0.25, 0.3) is 16.7 Å². The molecule has 0 saturated carbocycles. The highest BCUT2D eigenvalue weighted by Crippen LogP contribution is 2.27. The van der Waals surface area contributed by atoms with Crippen molar-refractivity contribution in [3.05, 3.63) is 113 Å². The average Bonchev–Trinajstić information content (AvgIpc) is 2.92. The summed E-state index contributed by atoms with van der Waals surface area (Å²) in [6, 6.07) is 23.5. The van der Waals surface area contributed by atoms with Crippen LogP contribution in [0.4, 0.5) is 4.79 Å². The Morgan fingerprint density at radius 1 is 0.921 bits per heavy atom. The first kappa shape index (κ1) is 30.1. The molecular formula is C33H39NO4. The lowest BCUT2D eigenvalue weighted by Crippen LogP contribution is -2.26. The van der Waals surface area contributed by atoms with Crippen LogP contribution in [-0.2, 0) is 22.4 Å². The number of nitrogens with one attached hydrogen (secondary N) is 1. The van der Waals surface area contributed by atoms with Crippen LogP contribution >= 0.6 is 0 Å².